The second-order valence-electron chi connectivity index (χ2n) is 4.93. The summed E-state index contributed by atoms with van der Waals surface area (Å²) in [6.45, 7) is 1.98. The molecular weight excluding hydrogens is 415 g/mol. The fraction of sp³-hybridized carbons (Fsp3) is 0.267. The van der Waals surface area contributed by atoms with Gasteiger partial charge in [-0.3, -0.25) is 4.79 Å². The van der Waals surface area contributed by atoms with Crippen LogP contribution < -0.4 is 44.9 Å². The molecular formula is C15H17N6NaO6S. The number of methoxy groups -OCH3 is 1. The zero-order valence-electron chi connectivity index (χ0n) is 16.2. The van der Waals surface area contributed by atoms with Gasteiger partial charge in [0.15, 0.2) is 12.0 Å². The van der Waals surface area contributed by atoms with Crippen molar-refractivity contribution in [2.45, 2.75) is 11.8 Å². The van der Waals surface area contributed by atoms with Crippen LogP contribution in [0.15, 0.2) is 29.2 Å². The summed E-state index contributed by atoms with van der Waals surface area (Å²) in [5.41, 5.74) is -0.252. The van der Waals surface area contributed by atoms with Crippen LogP contribution in [0.5, 0.6) is 6.01 Å². The van der Waals surface area contributed by atoms with Crippen molar-refractivity contribution in [2.75, 3.05) is 31.4 Å². The molecule has 14 heteroatoms. The molecule has 0 aliphatic carbocycles. The van der Waals surface area contributed by atoms with Crippen LogP contribution in [0, 0.1) is 0 Å². The Morgan fingerprint density at radius 2 is 1.79 bits per heavy atom. The average molecular weight is 432 g/mol. The van der Waals surface area contributed by atoms with Crippen LogP contribution in [-0.4, -0.2) is 56.1 Å². The van der Waals surface area contributed by atoms with Crippen LogP contribution in [0.4, 0.5) is 16.7 Å². The molecule has 0 saturated heterocycles. The molecule has 0 unspecified atom stereocenters. The van der Waals surface area contributed by atoms with Crippen LogP contribution in [0.2, 0.25) is 0 Å². The molecule has 0 aliphatic rings. The Balaban J connectivity index is 0.00000420. The third kappa shape index (κ3) is 6.52. The number of urea groups is 1. The topological polar surface area (TPSA) is 164 Å². The van der Waals surface area contributed by atoms with E-state index in [1.807, 2.05) is 0 Å². The summed E-state index contributed by atoms with van der Waals surface area (Å²) in [7, 11) is -1.87. The summed E-state index contributed by atoms with van der Waals surface area (Å²) in [6, 6.07) is 3.86. The van der Waals surface area contributed by atoms with Gasteiger partial charge in [0.1, 0.15) is 0 Å². The predicted molar refractivity (Wildman–Crippen MR) is 97.9 cm³/mol. The monoisotopic (exact) mass is 432 g/mol. The van der Waals surface area contributed by atoms with Crippen molar-refractivity contribution in [3.05, 3.63) is 34.6 Å². The second kappa shape index (κ2) is 10.9. The van der Waals surface area contributed by atoms with Gasteiger partial charge in [-0.05, 0) is 19.1 Å². The molecule has 0 aliphatic heterocycles. The van der Waals surface area contributed by atoms with Gasteiger partial charge in [0, 0.05) is 7.05 Å². The fourth-order valence-corrected chi connectivity index (χ4v) is 3.01. The molecule has 0 fully saturated rings. The molecule has 2 amide bonds. The minimum absolute atomic E-state index is 0. The van der Waals surface area contributed by atoms with Gasteiger partial charge in [-0.25, -0.2) is 13.2 Å². The minimum Gasteiger partial charge on any atom is -0.465 e. The van der Waals surface area contributed by atoms with Gasteiger partial charge in [-0.1, -0.05) is 12.1 Å². The van der Waals surface area contributed by atoms with E-state index in [9.17, 15) is 18.0 Å². The number of nitrogens with zero attached hydrogens (tertiary/aromatic N) is 4. The molecule has 2 N–H and O–H groups in total. The summed E-state index contributed by atoms with van der Waals surface area (Å²) >= 11 is 0. The summed E-state index contributed by atoms with van der Waals surface area (Å²) in [5.74, 6) is -1.06. The van der Waals surface area contributed by atoms with Gasteiger partial charge in [-0.2, -0.15) is 15.0 Å². The summed E-state index contributed by atoms with van der Waals surface area (Å²) in [5, 5.41) is 4.77. The number of anilines is 2. The van der Waals surface area contributed by atoms with E-state index in [-0.39, 0.29) is 59.6 Å². The Kier molecular flexibility index (Phi) is 9.23. The number of rotatable bonds is 7. The van der Waals surface area contributed by atoms with E-state index < -0.39 is 26.9 Å². The van der Waals surface area contributed by atoms with E-state index in [1.165, 1.54) is 25.2 Å². The van der Waals surface area contributed by atoms with E-state index in [2.05, 4.69) is 35.0 Å². The van der Waals surface area contributed by atoms with Crippen molar-refractivity contribution in [3.8, 4) is 6.01 Å². The first-order chi connectivity index (χ1) is 13.3. The molecule has 0 bridgehead atoms. The molecule has 0 spiro atoms. The number of hydrogen-bond acceptors (Lipinski definition) is 10. The number of benzene rings is 1. The number of ether oxygens (including phenoxy) is 2. The second-order valence-corrected chi connectivity index (χ2v) is 6.50. The molecule has 2 aromatic rings. The predicted octanol–water partition coefficient (Wildman–Crippen LogP) is -1.60. The van der Waals surface area contributed by atoms with Gasteiger partial charge >= 0.3 is 41.5 Å². The van der Waals surface area contributed by atoms with Crippen LogP contribution in [-0.2, 0) is 14.8 Å². The van der Waals surface area contributed by atoms with Crippen molar-refractivity contribution in [2.24, 2.45) is 0 Å². The molecule has 0 saturated carbocycles. The number of hydrogen-bond donors (Lipinski definition) is 2. The van der Waals surface area contributed by atoms with Gasteiger partial charge < -0.3 is 24.8 Å². The van der Waals surface area contributed by atoms with Gasteiger partial charge in [0.25, 0.3) is 0 Å². The molecule has 2 rings (SSSR count). The minimum atomic E-state index is -4.51. The normalized spacial score (nSPS) is 10.3. The number of amides is 2. The Morgan fingerprint density at radius 1 is 1.14 bits per heavy atom. The third-order valence-corrected chi connectivity index (χ3v) is 4.42. The number of carbonyl (C=O) groups excluding carboxylic acids is 2. The van der Waals surface area contributed by atoms with Gasteiger partial charge in [-0.15, -0.1) is 0 Å². The maximum absolute atomic E-state index is 12.4. The van der Waals surface area contributed by atoms with Crippen molar-refractivity contribution in [1.29, 1.82) is 0 Å². The number of esters is 1. The Hall–Kier alpha value is -2.48. The smallest absolute Gasteiger partial charge is 0.465 e. The molecule has 0 radical (unpaired) electrons. The Labute approximate surface area is 189 Å². The molecule has 12 nitrogen and oxygen atoms in total. The maximum Gasteiger partial charge on any atom is 1.00 e. The van der Waals surface area contributed by atoms with Crippen molar-refractivity contribution in [1.82, 2.24) is 15.0 Å². The van der Waals surface area contributed by atoms with Crippen LogP contribution >= 0.6 is 0 Å². The molecule has 150 valence electrons. The summed E-state index contributed by atoms with van der Waals surface area (Å²) in [6.07, 6.45) is 0. The summed E-state index contributed by atoms with van der Waals surface area (Å²) < 4.78 is 37.7. The van der Waals surface area contributed by atoms with Gasteiger partial charge in [0.2, 0.25) is 16.0 Å². The van der Waals surface area contributed by atoms with Crippen LogP contribution in [0.1, 0.15) is 17.3 Å². The number of aromatic nitrogens is 3. The number of nitrogens with one attached hydrogen (secondary N) is 2. The van der Waals surface area contributed by atoms with Crippen LogP contribution in [0.3, 0.4) is 0 Å². The first kappa shape index (κ1) is 24.6. The molecule has 1 aromatic heterocycles. The third-order valence-electron chi connectivity index (χ3n) is 3.10. The van der Waals surface area contributed by atoms with E-state index in [1.54, 1.807) is 6.92 Å². The zero-order valence-corrected chi connectivity index (χ0v) is 19.0. The maximum atomic E-state index is 12.4. The van der Waals surface area contributed by atoms with E-state index >= 15 is 0 Å². The molecule has 29 heavy (non-hydrogen) atoms. The summed E-state index contributed by atoms with van der Waals surface area (Å²) in [4.78, 5) is 35.0. The quantitative estimate of drug-likeness (QED) is 0.384. The molecule has 1 aromatic carbocycles. The first-order valence-electron chi connectivity index (χ1n) is 7.83. The van der Waals surface area contributed by atoms with E-state index in [0.717, 1.165) is 13.2 Å². The van der Waals surface area contributed by atoms with Gasteiger partial charge in [0.05, 0.1) is 24.2 Å². The Bertz CT molecular complexity index is 987. The van der Waals surface area contributed by atoms with E-state index in [4.69, 9.17) is 4.74 Å². The van der Waals surface area contributed by atoms with Crippen molar-refractivity contribution < 1.29 is 57.0 Å². The van der Waals surface area contributed by atoms with E-state index in [0.29, 0.717) is 0 Å². The first-order valence-corrected chi connectivity index (χ1v) is 9.27. The number of sulfonamides is 1. The fourth-order valence-electron chi connectivity index (χ4n) is 1.96. The molecule has 0 atom stereocenters. The Morgan fingerprint density at radius 3 is 2.41 bits per heavy atom. The number of carbonyl (C=O) groups is 2. The largest absolute Gasteiger partial charge is 1.00 e. The zero-order chi connectivity index (χ0) is 20.7. The SMILES string of the molecule is CCOc1nc(NC)nc(NC(=O)[N-]S(=O)(=O)c2ccccc2C(=O)OC)n1.[Na+]. The standard InChI is InChI=1S/C15H18N6O6S.Na/c1-4-27-15-19-12(16-2)17-13(20-15)18-14(23)21-28(24,25)10-8-6-5-7-9(10)11(22)26-3;/h5-8H,4H2,1-3H3,(H3,16,17,18,19,20,21,23);/q;+1/p-1. The van der Waals surface area contributed by atoms with Crippen molar-refractivity contribution in [3.63, 3.8) is 0 Å². The van der Waals surface area contributed by atoms with Crippen molar-refractivity contribution >= 4 is 33.9 Å². The molecule has 1 heterocycles. The average Bonchev–Trinajstić information content (AvgIpc) is 2.66. The van der Waals surface area contributed by atoms with Crippen LogP contribution in [0.25, 0.3) is 4.72 Å².